The van der Waals surface area contributed by atoms with Crippen molar-refractivity contribution in [2.75, 3.05) is 25.9 Å². The highest BCUT2D eigenvalue weighted by atomic mass is 19.4. The molecule has 0 radical (unpaired) electrons. The molecule has 0 spiro atoms. The van der Waals surface area contributed by atoms with Gasteiger partial charge in [0.1, 0.15) is 0 Å². The van der Waals surface area contributed by atoms with Crippen molar-refractivity contribution in [1.29, 1.82) is 0 Å². The number of anilines is 1. The van der Waals surface area contributed by atoms with E-state index in [9.17, 15) is 18.0 Å². The van der Waals surface area contributed by atoms with Gasteiger partial charge >= 0.3 is 6.18 Å². The van der Waals surface area contributed by atoms with Crippen molar-refractivity contribution in [3.63, 3.8) is 0 Å². The minimum atomic E-state index is -4.57. The Morgan fingerprint density at radius 3 is 2.70 bits per heavy atom. The van der Waals surface area contributed by atoms with Crippen molar-refractivity contribution < 1.29 is 22.7 Å². The van der Waals surface area contributed by atoms with E-state index in [-0.39, 0.29) is 17.4 Å². The lowest BCUT2D eigenvalue weighted by molar-refractivity contribution is -0.136. The number of halogens is 3. The fourth-order valence-electron chi connectivity index (χ4n) is 2.22. The van der Waals surface area contributed by atoms with Crippen molar-refractivity contribution in [2.24, 2.45) is 0 Å². The zero-order chi connectivity index (χ0) is 14.9. The van der Waals surface area contributed by atoms with E-state index in [1.807, 2.05) is 0 Å². The van der Waals surface area contributed by atoms with Crippen LogP contribution in [0.3, 0.4) is 0 Å². The van der Waals surface area contributed by atoms with Crippen LogP contribution < -0.4 is 5.73 Å². The first-order valence-electron chi connectivity index (χ1n) is 6.11. The predicted molar refractivity (Wildman–Crippen MR) is 67.2 cm³/mol. The highest BCUT2D eigenvalue weighted by molar-refractivity contribution is 5.95. The summed E-state index contributed by atoms with van der Waals surface area (Å²) in [5.74, 6) is -0.435. The lowest BCUT2D eigenvalue weighted by Gasteiger charge is -2.17. The van der Waals surface area contributed by atoms with Gasteiger partial charge in [0.15, 0.2) is 0 Å². The maximum atomic E-state index is 12.8. The Morgan fingerprint density at radius 1 is 1.45 bits per heavy atom. The molecule has 1 atom stereocenters. The molecule has 1 aromatic rings. The van der Waals surface area contributed by atoms with Crippen molar-refractivity contribution in [1.82, 2.24) is 4.90 Å². The van der Waals surface area contributed by atoms with Gasteiger partial charge in [-0.2, -0.15) is 13.2 Å². The molecule has 1 aromatic carbocycles. The molecular weight excluding hydrogens is 273 g/mol. The summed E-state index contributed by atoms with van der Waals surface area (Å²) >= 11 is 0. The second-order valence-electron chi connectivity index (χ2n) is 4.70. The van der Waals surface area contributed by atoms with Crippen molar-refractivity contribution >= 4 is 11.6 Å². The number of ether oxygens (including phenoxy) is 1. The smallest absolute Gasteiger partial charge is 0.398 e. The molecule has 1 saturated heterocycles. The van der Waals surface area contributed by atoms with Gasteiger partial charge in [0.05, 0.1) is 11.7 Å². The molecule has 0 saturated carbocycles. The Bertz CT molecular complexity index is 517. The third-order valence-corrected chi connectivity index (χ3v) is 3.37. The second-order valence-corrected chi connectivity index (χ2v) is 4.70. The van der Waals surface area contributed by atoms with E-state index in [1.165, 1.54) is 11.0 Å². The van der Waals surface area contributed by atoms with E-state index < -0.39 is 17.6 Å². The van der Waals surface area contributed by atoms with Gasteiger partial charge in [0.2, 0.25) is 0 Å². The van der Waals surface area contributed by atoms with Gasteiger partial charge in [-0.25, -0.2) is 0 Å². The summed E-state index contributed by atoms with van der Waals surface area (Å²) in [6.45, 7) is 0.865. The third-order valence-electron chi connectivity index (χ3n) is 3.37. The molecule has 1 heterocycles. The molecule has 4 nitrogen and oxygen atoms in total. The minimum absolute atomic E-state index is 0.0109. The Balaban J connectivity index is 2.23. The number of nitrogens with two attached hydrogens (primary N) is 1. The molecule has 2 rings (SSSR count). The Morgan fingerprint density at radius 2 is 2.15 bits per heavy atom. The quantitative estimate of drug-likeness (QED) is 0.848. The first kappa shape index (κ1) is 14.6. The first-order valence-corrected chi connectivity index (χ1v) is 6.11. The number of nitrogens with zero attached hydrogens (tertiary/aromatic N) is 1. The number of alkyl halides is 3. The lowest BCUT2D eigenvalue weighted by Crippen LogP contribution is -2.30. The van der Waals surface area contributed by atoms with Crippen LogP contribution in [0.15, 0.2) is 18.2 Å². The van der Waals surface area contributed by atoms with E-state index in [1.54, 1.807) is 7.11 Å². The molecule has 1 aliphatic heterocycles. The van der Waals surface area contributed by atoms with Crippen LogP contribution in [0.1, 0.15) is 22.3 Å². The lowest BCUT2D eigenvalue weighted by atomic mass is 10.1. The summed E-state index contributed by atoms with van der Waals surface area (Å²) < 4.78 is 43.4. The zero-order valence-corrected chi connectivity index (χ0v) is 10.9. The number of hydrogen-bond donors (Lipinski definition) is 1. The molecule has 0 bridgehead atoms. The standard InChI is InChI=1S/C13H15F3N2O2/c1-20-9-4-5-18(7-9)12(19)8-2-3-11(17)10(6-8)13(14,15)16/h2-3,6,9H,4-5,7,17H2,1H3. The molecule has 1 fully saturated rings. The van der Waals surface area contributed by atoms with Gasteiger partial charge in [-0.05, 0) is 24.6 Å². The Hall–Kier alpha value is -1.76. The molecule has 1 unspecified atom stereocenters. The third kappa shape index (κ3) is 2.87. The van der Waals surface area contributed by atoms with Crippen LogP contribution in [0.2, 0.25) is 0 Å². The largest absolute Gasteiger partial charge is 0.418 e. The SMILES string of the molecule is COC1CCN(C(=O)c2ccc(N)c(C(F)(F)F)c2)C1. The monoisotopic (exact) mass is 288 g/mol. The number of likely N-dealkylation sites (tertiary alicyclic amines) is 1. The second kappa shape index (κ2) is 5.32. The van der Waals surface area contributed by atoms with Gasteiger partial charge in [-0.15, -0.1) is 0 Å². The summed E-state index contributed by atoms with van der Waals surface area (Å²) in [6.07, 6.45) is -3.95. The Labute approximate surface area is 114 Å². The average Bonchev–Trinajstić information content (AvgIpc) is 2.86. The van der Waals surface area contributed by atoms with Crippen LogP contribution >= 0.6 is 0 Å². The van der Waals surface area contributed by atoms with E-state index in [0.29, 0.717) is 19.5 Å². The number of carbonyl (C=O) groups is 1. The van der Waals surface area contributed by atoms with E-state index in [4.69, 9.17) is 10.5 Å². The molecule has 7 heteroatoms. The van der Waals surface area contributed by atoms with Gasteiger partial charge in [-0.1, -0.05) is 0 Å². The van der Waals surface area contributed by atoms with Gasteiger partial charge in [0, 0.05) is 31.5 Å². The van der Waals surface area contributed by atoms with Crippen molar-refractivity contribution in [3.05, 3.63) is 29.3 Å². The van der Waals surface area contributed by atoms with E-state index >= 15 is 0 Å². The predicted octanol–water partition coefficient (Wildman–Crippen LogP) is 2.15. The molecule has 2 N–H and O–H groups in total. The van der Waals surface area contributed by atoms with Crippen LogP contribution in [-0.2, 0) is 10.9 Å². The van der Waals surface area contributed by atoms with E-state index in [2.05, 4.69) is 0 Å². The topological polar surface area (TPSA) is 55.6 Å². The van der Waals surface area contributed by atoms with Crippen LogP contribution in [0.4, 0.5) is 18.9 Å². The van der Waals surface area contributed by atoms with Gasteiger partial charge in [-0.3, -0.25) is 4.79 Å². The Kier molecular flexibility index (Phi) is 3.89. The summed E-state index contributed by atoms with van der Waals surface area (Å²) in [4.78, 5) is 13.6. The number of rotatable bonds is 2. The average molecular weight is 288 g/mol. The highest BCUT2D eigenvalue weighted by Crippen LogP contribution is 2.34. The summed E-state index contributed by atoms with van der Waals surface area (Å²) in [5, 5.41) is 0. The molecule has 1 amide bonds. The molecule has 110 valence electrons. The highest BCUT2D eigenvalue weighted by Gasteiger charge is 2.34. The number of hydrogen-bond acceptors (Lipinski definition) is 3. The van der Waals surface area contributed by atoms with Crippen molar-refractivity contribution in [3.8, 4) is 0 Å². The van der Waals surface area contributed by atoms with Gasteiger partial charge in [0.25, 0.3) is 5.91 Å². The van der Waals surface area contributed by atoms with Crippen LogP contribution in [-0.4, -0.2) is 37.1 Å². The number of nitrogen functional groups attached to an aromatic ring is 1. The summed E-state index contributed by atoms with van der Waals surface area (Å²) in [7, 11) is 1.55. The molecule has 0 aliphatic carbocycles. The molecular formula is C13H15F3N2O2. The zero-order valence-electron chi connectivity index (χ0n) is 10.9. The van der Waals surface area contributed by atoms with Crippen LogP contribution in [0.25, 0.3) is 0 Å². The summed E-state index contributed by atoms with van der Waals surface area (Å²) in [6, 6.07) is 3.23. The maximum Gasteiger partial charge on any atom is 0.418 e. The number of carbonyl (C=O) groups excluding carboxylic acids is 1. The molecule has 1 aliphatic rings. The molecule has 0 aromatic heterocycles. The normalized spacial score (nSPS) is 19.4. The number of amides is 1. The fraction of sp³-hybridized carbons (Fsp3) is 0.462. The van der Waals surface area contributed by atoms with E-state index in [0.717, 1.165) is 12.1 Å². The maximum absolute atomic E-state index is 12.8. The number of methoxy groups -OCH3 is 1. The first-order chi connectivity index (χ1) is 9.32. The summed E-state index contributed by atoms with van der Waals surface area (Å²) in [5.41, 5.74) is 3.93. The van der Waals surface area contributed by atoms with Crippen LogP contribution in [0.5, 0.6) is 0 Å². The van der Waals surface area contributed by atoms with Crippen LogP contribution in [0, 0.1) is 0 Å². The molecule has 20 heavy (non-hydrogen) atoms. The minimum Gasteiger partial charge on any atom is -0.398 e. The number of benzene rings is 1. The fourth-order valence-corrected chi connectivity index (χ4v) is 2.22. The van der Waals surface area contributed by atoms with Gasteiger partial charge < -0.3 is 15.4 Å². The van der Waals surface area contributed by atoms with Crippen molar-refractivity contribution in [2.45, 2.75) is 18.7 Å².